The molecule has 0 radical (unpaired) electrons. The molecule has 0 bridgehead atoms. The zero-order valence-corrected chi connectivity index (χ0v) is 11.3. The number of hydrogen-bond acceptors (Lipinski definition) is 3. The van der Waals surface area contributed by atoms with E-state index in [1.54, 1.807) is 18.2 Å². The number of rotatable bonds is 2. The second kappa shape index (κ2) is 5.03. The van der Waals surface area contributed by atoms with Crippen molar-refractivity contribution >= 4 is 5.69 Å². The highest BCUT2D eigenvalue weighted by Crippen LogP contribution is 2.33. The molecular weight excluding hydrogens is 236 g/mol. The topological polar surface area (TPSA) is 59.0 Å². The molecule has 0 spiro atoms. The highest BCUT2D eigenvalue weighted by molar-refractivity contribution is 5.59. The summed E-state index contributed by atoms with van der Waals surface area (Å²) in [7, 11) is 0. The van der Waals surface area contributed by atoms with Crippen LogP contribution in [0.4, 0.5) is 5.69 Å². The minimum atomic E-state index is 0.472. The Balaban J connectivity index is 2.42. The second-order valence-corrected chi connectivity index (χ2v) is 4.62. The van der Waals surface area contributed by atoms with Crippen LogP contribution in [0, 0.1) is 32.1 Å². The first kappa shape index (κ1) is 13.0. The Morgan fingerprint density at radius 3 is 2.37 bits per heavy atom. The molecule has 2 N–H and O–H groups in total. The van der Waals surface area contributed by atoms with Gasteiger partial charge in [0, 0.05) is 0 Å². The molecule has 0 unspecified atom stereocenters. The van der Waals surface area contributed by atoms with E-state index in [9.17, 15) is 0 Å². The number of ether oxygens (including phenoxy) is 1. The summed E-state index contributed by atoms with van der Waals surface area (Å²) in [5.41, 5.74) is 10.2. The van der Waals surface area contributed by atoms with Gasteiger partial charge >= 0.3 is 0 Å². The van der Waals surface area contributed by atoms with Crippen LogP contribution in [0.3, 0.4) is 0 Å². The molecule has 0 saturated carbocycles. The fourth-order valence-corrected chi connectivity index (χ4v) is 1.90. The molecular formula is C16H16N2O. The molecule has 0 saturated heterocycles. The maximum Gasteiger partial charge on any atom is 0.150 e. The summed E-state index contributed by atoms with van der Waals surface area (Å²) >= 11 is 0. The van der Waals surface area contributed by atoms with Crippen LogP contribution >= 0.6 is 0 Å². The number of hydrogen-bond donors (Lipinski definition) is 1. The maximum atomic E-state index is 8.82. The SMILES string of the molecule is Cc1ccc(C)c(Oc2ccc(C#N)cc2N)c1C. The normalized spacial score (nSPS) is 10.0. The lowest BCUT2D eigenvalue weighted by molar-refractivity contribution is 0.477. The Labute approximate surface area is 113 Å². The molecule has 19 heavy (non-hydrogen) atoms. The summed E-state index contributed by atoms with van der Waals surface area (Å²) in [5.74, 6) is 1.41. The number of nitrogens with two attached hydrogens (primary N) is 1. The number of nitriles is 1. The number of nitrogen functional groups attached to an aromatic ring is 1. The second-order valence-electron chi connectivity index (χ2n) is 4.62. The lowest BCUT2D eigenvalue weighted by Crippen LogP contribution is -1.97. The van der Waals surface area contributed by atoms with Gasteiger partial charge in [-0.25, -0.2) is 0 Å². The van der Waals surface area contributed by atoms with Crippen LogP contribution in [0.5, 0.6) is 11.5 Å². The van der Waals surface area contributed by atoms with Gasteiger partial charge in [0.05, 0.1) is 17.3 Å². The fourth-order valence-electron chi connectivity index (χ4n) is 1.90. The molecule has 0 aromatic heterocycles. The van der Waals surface area contributed by atoms with Gasteiger partial charge in [-0.05, 0) is 55.7 Å². The van der Waals surface area contributed by atoms with Gasteiger partial charge in [0.25, 0.3) is 0 Å². The average molecular weight is 252 g/mol. The van der Waals surface area contributed by atoms with E-state index in [4.69, 9.17) is 15.7 Å². The van der Waals surface area contributed by atoms with Crippen LogP contribution < -0.4 is 10.5 Å². The van der Waals surface area contributed by atoms with Gasteiger partial charge in [0.2, 0.25) is 0 Å². The highest BCUT2D eigenvalue weighted by Gasteiger charge is 2.10. The van der Waals surface area contributed by atoms with Crippen molar-refractivity contribution in [1.29, 1.82) is 5.26 Å². The van der Waals surface area contributed by atoms with Crippen molar-refractivity contribution < 1.29 is 4.74 Å². The number of nitrogens with zero attached hydrogens (tertiary/aromatic N) is 1. The van der Waals surface area contributed by atoms with Gasteiger partial charge in [-0.3, -0.25) is 0 Å². The van der Waals surface area contributed by atoms with E-state index in [-0.39, 0.29) is 0 Å². The minimum absolute atomic E-state index is 0.472. The standard InChI is InChI=1S/C16H16N2O/c1-10-4-5-11(2)16(12(10)3)19-15-7-6-13(9-17)8-14(15)18/h4-8H,18H2,1-3H3. The van der Waals surface area contributed by atoms with E-state index in [2.05, 4.69) is 12.1 Å². The van der Waals surface area contributed by atoms with Crippen molar-refractivity contribution in [3.63, 3.8) is 0 Å². The van der Waals surface area contributed by atoms with Crippen LogP contribution in [0.25, 0.3) is 0 Å². The zero-order valence-electron chi connectivity index (χ0n) is 11.3. The highest BCUT2D eigenvalue weighted by atomic mass is 16.5. The van der Waals surface area contributed by atoms with E-state index in [0.29, 0.717) is 17.0 Å². The monoisotopic (exact) mass is 252 g/mol. The van der Waals surface area contributed by atoms with Gasteiger partial charge in [0.15, 0.2) is 0 Å². The van der Waals surface area contributed by atoms with Crippen molar-refractivity contribution in [2.75, 3.05) is 5.73 Å². The Morgan fingerprint density at radius 1 is 1.05 bits per heavy atom. The van der Waals surface area contributed by atoms with E-state index in [1.807, 2.05) is 26.8 Å². The average Bonchev–Trinajstić information content (AvgIpc) is 2.40. The molecule has 0 amide bonds. The third-order valence-electron chi connectivity index (χ3n) is 3.22. The summed E-state index contributed by atoms with van der Waals surface area (Å²) in [5, 5.41) is 8.82. The lowest BCUT2D eigenvalue weighted by Gasteiger charge is -2.15. The third-order valence-corrected chi connectivity index (χ3v) is 3.22. The molecule has 0 aliphatic rings. The minimum Gasteiger partial charge on any atom is -0.455 e. The van der Waals surface area contributed by atoms with Crippen LogP contribution in [0.1, 0.15) is 22.3 Å². The van der Waals surface area contributed by atoms with Crippen LogP contribution in [0.15, 0.2) is 30.3 Å². The van der Waals surface area contributed by atoms with Crippen molar-refractivity contribution in [1.82, 2.24) is 0 Å². The van der Waals surface area contributed by atoms with Crippen molar-refractivity contribution in [3.05, 3.63) is 52.6 Å². The Kier molecular flexibility index (Phi) is 3.43. The molecule has 0 aliphatic heterocycles. The molecule has 2 rings (SSSR count). The quantitative estimate of drug-likeness (QED) is 0.826. The van der Waals surface area contributed by atoms with Crippen molar-refractivity contribution in [2.45, 2.75) is 20.8 Å². The first-order chi connectivity index (χ1) is 9.02. The van der Waals surface area contributed by atoms with Gasteiger partial charge in [0.1, 0.15) is 11.5 Å². The summed E-state index contributed by atoms with van der Waals surface area (Å²) in [6.07, 6.45) is 0. The van der Waals surface area contributed by atoms with Gasteiger partial charge in [-0.15, -0.1) is 0 Å². The molecule has 0 fully saturated rings. The molecule has 0 heterocycles. The van der Waals surface area contributed by atoms with E-state index in [0.717, 1.165) is 16.9 Å². The number of benzene rings is 2. The van der Waals surface area contributed by atoms with E-state index in [1.165, 1.54) is 5.56 Å². The lowest BCUT2D eigenvalue weighted by atomic mass is 10.1. The first-order valence-electron chi connectivity index (χ1n) is 6.07. The zero-order chi connectivity index (χ0) is 14.0. The van der Waals surface area contributed by atoms with Crippen LogP contribution in [-0.4, -0.2) is 0 Å². The summed E-state index contributed by atoms with van der Waals surface area (Å²) in [6.45, 7) is 6.07. The maximum absolute atomic E-state index is 8.82. The van der Waals surface area contributed by atoms with E-state index < -0.39 is 0 Å². The number of aryl methyl sites for hydroxylation is 2. The van der Waals surface area contributed by atoms with Crippen molar-refractivity contribution in [2.24, 2.45) is 0 Å². The van der Waals surface area contributed by atoms with Crippen LogP contribution in [-0.2, 0) is 0 Å². The Bertz CT molecular complexity index is 669. The molecule has 0 atom stereocenters. The smallest absolute Gasteiger partial charge is 0.150 e. The predicted molar refractivity (Wildman–Crippen MR) is 76.3 cm³/mol. The van der Waals surface area contributed by atoms with Gasteiger partial charge in [-0.1, -0.05) is 12.1 Å². The van der Waals surface area contributed by atoms with Gasteiger partial charge < -0.3 is 10.5 Å². The summed E-state index contributed by atoms with van der Waals surface area (Å²) < 4.78 is 5.92. The number of anilines is 1. The van der Waals surface area contributed by atoms with Crippen LogP contribution in [0.2, 0.25) is 0 Å². The molecule has 96 valence electrons. The molecule has 3 heteroatoms. The Morgan fingerprint density at radius 2 is 1.74 bits per heavy atom. The predicted octanol–water partition coefficient (Wildman–Crippen LogP) is 3.86. The Hall–Kier alpha value is -2.47. The first-order valence-corrected chi connectivity index (χ1v) is 6.07. The molecule has 0 aliphatic carbocycles. The molecule has 2 aromatic rings. The van der Waals surface area contributed by atoms with Gasteiger partial charge in [-0.2, -0.15) is 5.26 Å². The molecule has 2 aromatic carbocycles. The summed E-state index contributed by atoms with van der Waals surface area (Å²) in [4.78, 5) is 0. The third kappa shape index (κ3) is 2.53. The van der Waals surface area contributed by atoms with E-state index >= 15 is 0 Å². The van der Waals surface area contributed by atoms with Crippen molar-refractivity contribution in [3.8, 4) is 17.6 Å². The largest absolute Gasteiger partial charge is 0.455 e. The fraction of sp³-hybridized carbons (Fsp3) is 0.188. The molecule has 3 nitrogen and oxygen atoms in total. The summed E-state index contributed by atoms with van der Waals surface area (Å²) in [6, 6.07) is 11.2.